The molecule has 1 aromatic rings. The topological polar surface area (TPSA) is 50.7 Å². The highest BCUT2D eigenvalue weighted by molar-refractivity contribution is 6.02. The lowest BCUT2D eigenvalue weighted by molar-refractivity contribution is 0.141. The van der Waals surface area contributed by atoms with E-state index >= 15 is 0 Å². The van der Waals surface area contributed by atoms with Gasteiger partial charge in [-0.15, -0.1) is 0 Å². The van der Waals surface area contributed by atoms with Crippen LogP contribution in [-0.4, -0.2) is 17.3 Å². The van der Waals surface area contributed by atoms with Gasteiger partial charge >= 0.3 is 6.09 Å². The van der Waals surface area contributed by atoms with Gasteiger partial charge in [-0.1, -0.05) is 29.4 Å². The van der Waals surface area contributed by atoms with Gasteiger partial charge in [-0.3, -0.25) is 4.84 Å². The maximum absolute atomic E-state index is 11.6. The van der Waals surface area contributed by atoms with Gasteiger partial charge in [0.25, 0.3) is 0 Å². The molecule has 4 nitrogen and oxygen atoms in total. The third-order valence-corrected chi connectivity index (χ3v) is 2.90. The van der Waals surface area contributed by atoms with Crippen LogP contribution in [0.2, 0.25) is 0 Å². The van der Waals surface area contributed by atoms with Crippen molar-refractivity contribution in [1.29, 1.82) is 0 Å². The molecule has 0 aliphatic heterocycles. The summed E-state index contributed by atoms with van der Waals surface area (Å²) in [6, 6.07) is 8.13. The van der Waals surface area contributed by atoms with Crippen molar-refractivity contribution in [3.05, 3.63) is 35.4 Å². The maximum atomic E-state index is 11.6. The molecule has 0 radical (unpaired) electrons. The van der Waals surface area contributed by atoms with Crippen LogP contribution < -0.4 is 5.32 Å². The summed E-state index contributed by atoms with van der Waals surface area (Å²) in [4.78, 5) is 16.5. The molecule has 0 bridgehead atoms. The average molecular weight is 260 g/mol. The lowest BCUT2D eigenvalue weighted by Crippen LogP contribution is -2.40. The number of nitrogens with zero attached hydrogens (tertiary/aromatic N) is 1. The monoisotopic (exact) mass is 260 g/mol. The summed E-state index contributed by atoms with van der Waals surface area (Å²) in [6.45, 7) is 5.70. The minimum atomic E-state index is -0.511. The molecular weight excluding hydrogens is 240 g/mol. The molecule has 2 rings (SSSR count). The van der Waals surface area contributed by atoms with Crippen LogP contribution in [-0.2, 0) is 11.3 Å². The molecule has 1 aliphatic rings. The number of hydrogen-bond acceptors (Lipinski definition) is 3. The van der Waals surface area contributed by atoms with Crippen molar-refractivity contribution in [3.63, 3.8) is 0 Å². The molecule has 4 heteroatoms. The molecule has 1 N–H and O–H groups in total. The van der Waals surface area contributed by atoms with Gasteiger partial charge in [-0.05, 0) is 45.6 Å². The Bertz CT molecular complexity index is 501. The van der Waals surface area contributed by atoms with Crippen LogP contribution in [0, 0.1) is 0 Å². The van der Waals surface area contributed by atoms with Crippen molar-refractivity contribution in [2.75, 3.05) is 0 Å². The largest absolute Gasteiger partial charge is 0.433 e. The standard InChI is InChI=1S/C15H20N2O2/c1-15(2,3)16-14(18)19-17-13-10-6-8-11-7-4-5-9-12(11)13/h4-5,7,9H,6,8,10H2,1-3H3,(H,16,18)/b17-13-. The first kappa shape index (κ1) is 13.6. The first-order valence-corrected chi connectivity index (χ1v) is 6.60. The summed E-state index contributed by atoms with van der Waals surface area (Å²) < 4.78 is 0. The van der Waals surface area contributed by atoms with Crippen LogP contribution in [0.15, 0.2) is 29.4 Å². The normalized spacial score (nSPS) is 16.9. The van der Waals surface area contributed by atoms with Gasteiger partial charge in [-0.25, -0.2) is 4.79 Å². The predicted octanol–water partition coefficient (Wildman–Crippen LogP) is 3.25. The van der Waals surface area contributed by atoms with E-state index in [-0.39, 0.29) is 5.54 Å². The third-order valence-electron chi connectivity index (χ3n) is 2.90. The highest BCUT2D eigenvalue weighted by atomic mass is 16.7. The molecule has 1 amide bonds. The molecule has 1 aromatic carbocycles. The minimum absolute atomic E-state index is 0.318. The lowest BCUT2D eigenvalue weighted by atomic mass is 9.90. The smallest absolute Gasteiger partial charge is 0.315 e. The second kappa shape index (κ2) is 5.43. The van der Waals surface area contributed by atoms with Gasteiger partial charge in [0, 0.05) is 11.1 Å². The molecule has 0 spiro atoms. The Hall–Kier alpha value is -1.84. The van der Waals surface area contributed by atoms with E-state index in [9.17, 15) is 4.79 Å². The first-order valence-electron chi connectivity index (χ1n) is 6.60. The van der Waals surface area contributed by atoms with Gasteiger partial charge in [0.1, 0.15) is 0 Å². The Morgan fingerprint density at radius 2 is 2.00 bits per heavy atom. The lowest BCUT2D eigenvalue weighted by Gasteiger charge is -2.19. The highest BCUT2D eigenvalue weighted by Gasteiger charge is 2.18. The van der Waals surface area contributed by atoms with Crippen LogP contribution in [0.1, 0.15) is 44.7 Å². The molecule has 1 aliphatic carbocycles. The predicted molar refractivity (Wildman–Crippen MR) is 75.3 cm³/mol. The molecule has 0 saturated carbocycles. The highest BCUT2D eigenvalue weighted by Crippen LogP contribution is 2.21. The number of carbonyl (C=O) groups is 1. The van der Waals surface area contributed by atoms with E-state index in [4.69, 9.17) is 4.84 Å². The van der Waals surface area contributed by atoms with E-state index in [0.717, 1.165) is 30.5 Å². The van der Waals surface area contributed by atoms with Crippen molar-refractivity contribution in [2.45, 2.75) is 45.6 Å². The quantitative estimate of drug-likeness (QED) is 0.622. The fourth-order valence-electron chi connectivity index (χ4n) is 2.12. The third kappa shape index (κ3) is 3.81. The molecule has 102 valence electrons. The number of hydrogen-bond donors (Lipinski definition) is 1. The summed E-state index contributed by atoms with van der Waals surface area (Å²) in [7, 11) is 0. The number of carbonyl (C=O) groups excluding carboxylic acids is 1. The van der Waals surface area contributed by atoms with Gasteiger partial charge in [0.15, 0.2) is 0 Å². The fourth-order valence-corrected chi connectivity index (χ4v) is 2.12. The van der Waals surface area contributed by atoms with Crippen LogP contribution in [0.25, 0.3) is 0 Å². The van der Waals surface area contributed by atoms with Crippen LogP contribution in [0.5, 0.6) is 0 Å². The van der Waals surface area contributed by atoms with Crippen molar-refractivity contribution in [2.24, 2.45) is 5.16 Å². The zero-order valence-corrected chi connectivity index (χ0v) is 11.7. The first-order chi connectivity index (χ1) is 8.96. The van der Waals surface area contributed by atoms with Crippen molar-refractivity contribution >= 4 is 11.8 Å². The molecule has 19 heavy (non-hydrogen) atoms. The van der Waals surface area contributed by atoms with Crippen LogP contribution in [0.4, 0.5) is 4.79 Å². The molecule has 0 saturated heterocycles. The van der Waals surface area contributed by atoms with Crippen LogP contribution in [0.3, 0.4) is 0 Å². The Morgan fingerprint density at radius 1 is 1.26 bits per heavy atom. The Kier molecular flexibility index (Phi) is 3.88. The number of fused-ring (bicyclic) bond motifs is 1. The Balaban J connectivity index is 2.07. The number of nitrogens with one attached hydrogen (secondary N) is 1. The summed E-state index contributed by atoms with van der Waals surface area (Å²) in [6.07, 6.45) is 2.44. The zero-order valence-electron chi connectivity index (χ0n) is 11.7. The number of benzene rings is 1. The molecule has 0 atom stereocenters. The van der Waals surface area contributed by atoms with E-state index < -0.39 is 6.09 Å². The number of amides is 1. The number of aryl methyl sites for hydroxylation is 1. The van der Waals surface area contributed by atoms with Gasteiger partial charge in [0.2, 0.25) is 0 Å². The van der Waals surface area contributed by atoms with Crippen molar-refractivity contribution < 1.29 is 9.63 Å². The Morgan fingerprint density at radius 3 is 2.74 bits per heavy atom. The molecule has 0 heterocycles. The SMILES string of the molecule is CC(C)(C)NC(=O)O/N=C1/CCCc2ccccc21. The van der Waals surface area contributed by atoms with E-state index in [1.807, 2.05) is 39.0 Å². The number of rotatable bonds is 1. The van der Waals surface area contributed by atoms with Gasteiger partial charge in [0.05, 0.1) is 5.71 Å². The van der Waals surface area contributed by atoms with Crippen LogP contribution >= 0.6 is 0 Å². The van der Waals surface area contributed by atoms with Gasteiger partial charge < -0.3 is 5.32 Å². The van der Waals surface area contributed by atoms with E-state index in [1.54, 1.807) is 0 Å². The Labute approximate surface area is 113 Å². The average Bonchev–Trinajstić information content (AvgIpc) is 2.34. The van der Waals surface area contributed by atoms with Crippen molar-refractivity contribution in [1.82, 2.24) is 5.32 Å². The summed E-state index contributed by atoms with van der Waals surface area (Å²) in [5.41, 5.74) is 2.90. The van der Waals surface area contributed by atoms with Gasteiger partial charge in [-0.2, -0.15) is 0 Å². The van der Waals surface area contributed by atoms with E-state index in [1.165, 1.54) is 5.56 Å². The fraction of sp³-hybridized carbons (Fsp3) is 0.467. The van der Waals surface area contributed by atoms with E-state index in [2.05, 4.69) is 16.5 Å². The summed E-state index contributed by atoms with van der Waals surface area (Å²) in [5.74, 6) is 0. The summed E-state index contributed by atoms with van der Waals surface area (Å²) in [5, 5.41) is 6.73. The second-order valence-electron chi connectivity index (χ2n) is 5.80. The minimum Gasteiger partial charge on any atom is -0.315 e. The maximum Gasteiger partial charge on any atom is 0.433 e. The summed E-state index contributed by atoms with van der Waals surface area (Å²) >= 11 is 0. The second-order valence-corrected chi connectivity index (χ2v) is 5.80. The molecule has 0 fully saturated rings. The van der Waals surface area contributed by atoms with E-state index in [0.29, 0.717) is 0 Å². The number of oxime groups is 1. The molecule has 0 unspecified atom stereocenters. The molecule has 0 aromatic heterocycles. The van der Waals surface area contributed by atoms with Crippen molar-refractivity contribution in [3.8, 4) is 0 Å². The molecular formula is C15H20N2O2. The zero-order chi connectivity index (χ0) is 13.9.